The van der Waals surface area contributed by atoms with Gasteiger partial charge in [0.15, 0.2) is 0 Å². The Bertz CT molecular complexity index is 1160. The number of carbonyl (C=O) groups excluding carboxylic acids is 4. The molecule has 0 aliphatic carbocycles. The number of alkyl carbamates (subject to hydrolysis) is 1. The highest BCUT2D eigenvalue weighted by Crippen LogP contribution is 2.29. The van der Waals surface area contributed by atoms with Gasteiger partial charge >= 0.3 is 6.09 Å². The normalized spacial score (nSPS) is 13.5. The highest BCUT2D eigenvalue weighted by atomic mass is 16.6. The van der Waals surface area contributed by atoms with Crippen molar-refractivity contribution in [3.8, 4) is 5.75 Å². The van der Waals surface area contributed by atoms with Crippen molar-refractivity contribution in [3.05, 3.63) is 65.7 Å². The second kappa shape index (κ2) is 15.1. The second-order valence-electron chi connectivity index (χ2n) is 11.6. The number of hydrogen-bond acceptors (Lipinski definition) is 6. The van der Waals surface area contributed by atoms with Crippen molar-refractivity contribution in [1.82, 2.24) is 15.5 Å². The minimum absolute atomic E-state index is 0.00104. The molecule has 0 fully saturated rings. The van der Waals surface area contributed by atoms with Crippen molar-refractivity contribution in [2.24, 2.45) is 11.7 Å². The van der Waals surface area contributed by atoms with Crippen LogP contribution in [0.5, 0.6) is 5.75 Å². The van der Waals surface area contributed by atoms with Gasteiger partial charge in [0.25, 0.3) is 0 Å². The summed E-state index contributed by atoms with van der Waals surface area (Å²) in [6.45, 7) is 11.2. The average molecular weight is 569 g/mol. The molecule has 0 radical (unpaired) electrons. The lowest BCUT2D eigenvalue weighted by Gasteiger charge is -2.38. The summed E-state index contributed by atoms with van der Waals surface area (Å²) < 4.78 is 5.33. The van der Waals surface area contributed by atoms with E-state index in [9.17, 15) is 24.3 Å². The van der Waals surface area contributed by atoms with E-state index in [4.69, 9.17) is 10.5 Å². The summed E-state index contributed by atoms with van der Waals surface area (Å²) in [5.74, 6) is -1.59. The average Bonchev–Trinajstić information content (AvgIpc) is 2.88. The summed E-state index contributed by atoms with van der Waals surface area (Å²) in [5.41, 5.74) is 5.95. The summed E-state index contributed by atoms with van der Waals surface area (Å²) in [7, 11) is 0. The van der Waals surface area contributed by atoms with Crippen LogP contribution < -0.4 is 16.4 Å². The van der Waals surface area contributed by atoms with E-state index >= 15 is 0 Å². The number of nitrogens with two attached hydrogens (primary N) is 1. The number of ether oxygens (including phenoxy) is 1. The number of aromatic hydroxyl groups is 1. The SMILES string of the molecule is CC(C)CCC(C)N(C(=O)C(CC(N)=O)NC(=O)OC(C)(C)C)C(C(=O)NCc1ccccc1)c1ccc(O)cc1. The first-order chi connectivity index (χ1) is 19.2. The van der Waals surface area contributed by atoms with Crippen LogP contribution in [0, 0.1) is 5.92 Å². The van der Waals surface area contributed by atoms with Crippen LogP contribution in [0.2, 0.25) is 0 Å². The highest BCUT2D eigenvalue weighted by Gasteiger charge is 2.39. The predicted octanol–water partition coefficient (Wildman–Crippen LogP) is 4.17. The van der Waals surface area contributed by atoms with Gasteiger partial charge in [0.2, 0.25) is 17.7 Å². The third kappa shape index (κ3) is 11.1. The molecule has 5 N–H and O–H groups in total. The molecule has 0 aliphatic rings. The van der Waals surface area contributed by atoms with E-state index in [2.05, 4.69) is 24.5 Å². The molecule has 10 heteroatoms. The van der Waals surface area contributed by atoms with E-state index in [0.29, 0.717) is 17.9 Å². The maximum Gasteiger partial charge on any atom is 0.408 e. The number of nitrogens with one attached hydrogen (secondary N) is 2. The lowest BCUT2D eigenvalue weighted by molar-refractivity contribution is -0.146. The van der Waals surface area contributed by atoms with Gasteiger partial charge in [-0.3, -0.25) is 14.4 Å². The molecule has 0 aromatic heterocycles. The summed E-state index contributed by atoms with van der Waals surface area (Å²) in [4.78, 5) is 54.2. The Kier molecular flexibility index (Phi) is 12.2. The Morgan fingerprint density at radius 3 is 2.10 bits per heavy atom. The fourth-order valence-electron chi connectivity index (χ4n) is 4.32. The van der Waals surface area contributed by atoms with Crippen LogP contribution in [0.25, 0.3) is 0 Å². The number of benzene rings is 2. The van der Waals surface area contributed by atoms with Crippen LogP contribution in [0.15, 0.2) is 54.6 Å². The van der Waals surface area contributed by atoms with E-state index < -0.39 is 54.0 Å². The van der Waals surface area contributed by atoms with Crippen LogP contribution >= 0.6 is 0 Å². The molecule has 0 bridgehead atoms. The van der Waals surface area contributed by atoms with E-state index in [-0.39, 0.29) is 12.3 Å². The number of carbonyl (C=O) groups is 4. The Labute approximate surface area is 242 Å². The van der Waals surface area contributed by atoms with Gasteiger partial charge in [0.05, 0.1) is 6.42 Å². The zero-order valence-corrected chi connectivity index (χ0v) is 24.8. The maximum absolute atomic E-state index is 14.2. The second-order valence-corrected chi connectivity index (χ2v) is 11.6. The number of rotatable bonds is 13. The highest BCUT2D eigenvalue weighted by molar-refractivity contribution is 5.94. The first-order valence-electron chi connectivity index (χ1n) is 13.9. The Balaban J connectivity index is 2.56. The Morgan fingerprint density at radius 1 is 0.951 bits per heavy atom. The van der Waals surface area contributed by atoms with Gasteiger partial charge in [-0.25, -0.2) is 4.79 Å². The lowest BCUT2D eigenvalue weighted by atomic mass is 9.96. The van der Waals surface area contributed by atoms with Crippen molar-refractivity contribution in [1.29, 1.82) is 0 Å². The molecule has 4 amide bonds. The molecule has 3 atom stereocenters. The minimum atomic E-state index is -1.37. The standard InChI is InChI=1S/C31H44N4O6/c1-20(2)12-13-21(3)35(29(39)25(18-26(32)37)34-30(40)41-31(4,5)6)27(23-14-16-24(36)17-15-23)28(38)33-19-22-10-8-7-9-11-22/h7-11,14-17,20-21,25,27,36H,12-13,18-19H2,1-6H3,(H2,32,37)(H,33,38)(H,34,40). The molecule has 2 aromatic carbocycles. The number of phenols is 1. The van der Waals surface area contributed by atoms with Gasteiger partial charge in [0.1, 0.15) is 23.4 Å². The molecule has 0 spiro atoms. The summed E-state index contributed by atoms with van der Waals surface area (Å²) >= 11 is 0. The molecule has 0 saturated heterocycles. The van der Waals surface area contributed by atoms with Gasteiger partial charge in [-0.15, -0.1) is 0 Å². The smallest absolute Gasteiger partial charge is 0.408 e. The number of nitrogens with zero attached hydrogens (tertiary/aromatic N) is 1. The number of primary amides is 1. The summed E-state index contributed by atoms with van der Waals surface area (Å²) in [6, 6.07) is 12.4. The topological polar surface area (TPSA) is 151 Å². The van der Waals surface area contributed by atoms with Crippen molar-refractivity contribution in [3.63, 3.8) is 0 Å². The van der Waals surface area contributed by atoms with Gasteiger partial charge in [-0.1, -0.05) is 56.3 Å². The fourth-order valence-corrected chi connectivity index (χ4v) is 4.32. The van der Waals surface area contributed by atoms with Crippen LogP contribution in [0.4, 0.5) is 4.79 Å². The van der Waals surface area contributed by atoms with E-state index in [1.807, 2.05) is 37.3 Å². The molecular formula is C31H44N4O6. The molecule has 0 heterocycles. The van der Waals surface area contributed by atoms with Crippen molar-refractivity contribution >= 4 is 23.8 Å². The summed E-state index contributed by atoms with van der Waals surface area (Å²) in [5, 5.41) is 15.3. The molecule has 41 heavy (non-hydrogen) atoms. The van der Waals surface area contributed by atoms with E-state index in [1.54, 1.807) is 32.9 Å². The molecule has 10 nitrogen and oxygen atoms in total. The molecule has 0 aliphatic heterocycles. The lowest BCUT2D eigenvalue weighted by Crippen LogP contribution is -2.56. The van der Waals surface area contributed by atoms with Crippen LogP contribution in [0.3, 0.4) is 0 Å². The van der Waals surface area contributed by atoms with Gasteiger partial charge in [-0.05, 0) is 69.7 Å². The van der Waals surface area contributed by atoms with Gasteiger partial charge < -0.3 is 31.1 Å². The quantitative estimate of drug-likeness (QED) is 0.285. The number of hydrogen-bond donors (Lipinski definition) is 4. The molecule has 2 rings (SSSR count). The minimum Gasteiger partial charge on any atom is -0.508 e. The molecule has 3 unspecified atom stereocenters. The molecule has 224 valence electrons. The Hall–Kier alpha value is -4.08. The van der Waals surface area contributed by atoms with E-state index in [0.717, 1.165) is 12.0 Å². The molecule has 0 saturated carbocycles. The maximum atomic E-state index is 14.2. The van der Waals surface area contributed by atoms with Crippen molar-refractivity contribution in [2.75, 3.05) is 0 Å². The van der Waals surface area contributed by atoms with Gasteiger partial charge in [0, 0.05) is 12.6 Å². The van der Waals surface area contributed by atoms with Crippen LogP contribution in [-0.4, -0.2) is 51.5 Å². The third-order valence-corrected chi connectivity index (χ3v) is 6.33. The first-order valence-corrected chi connectivity index (χ1v) is 13.9. The summed E-state index contributed by atoms with van der Waals surface area (Å²) in [6.07, 6.45) is -0.0561. The zero-order chi connectivity index (χ0) is 30.7. The van der Waals surface area contributed by atoms with Crippen molar-refractivity contribution in [2.45, 2.75) is 91.1 Å². The van der Waals surface area contributed by atoms with Crippen LogP contribution in [-0.2, 0) is 25.7 Å². The third-order valence-electron chi connectivity index (χ3n) is 6.33. The molecule has 2 aromatic rings. The largest absolute Gasteiger partial charge is 0.508 e. The number of phenolic OH excluding ortho intramolecular Hbond substituents is 1. The van der Waals surface area contributed by atoms with Crippen LogP contribution in [0.1, 0.15) is 78.0 Å². The van der Waals surface area contributed by atoms with Crippen molar-refractivity contribution < 1.29 is 29.0 Å². The first kappa shape index (κ1) is 33.1. The number of amides is 4. The predicted molar refractivity (Wildman–Crippen MR) is 156 cm³/mol. The Morgan fingerprint density at radius 2 is 1.56 bits per heavy atom. The fraction of sp³-hybridized carbons (Fsp3) is 0.484. The monoisotopic (exact) mass is 568 g/mol. The zero-order valence-electron chi connectivity index (χ0n) is 24.8. The van der Waals surface area contributed by atoms with Gasteiger partial charge in [-0.2, -0.15) is 0 Å². The van der Waals surface area contributed by atoms with E-state index in [1.165, 1.54) is 17.0 Å². The molecular weight excluding hydrogens is 524 g/mol.